The fourth-order valence-corrected chi connectivity index (χ4v) is 7.85. The van der Waals surface area contributed by atoms with E-state index in [1.54, 1.807) is 23.1 Å². The third-order valence-corrected chi connectivity index (χ3v) is 10.4. The van der Waals surface area contributed by atoms with Gasteiger partial charge in [-0.1, -0.05) is 25.1 Å². The van der Waals surface area contributed by atoms with Crippen LogP contribution in [0.15, 0.2) is 35.2 Å². The quantitative estimate of drug-likeness (QED) is 0.616. The van der Waals surface area contributed by atoms with E-state index in [1.165, 1.54) is 12.1 Å². The summed E-state index contributed by atoms with van der Waals surface area (Å²) in [4.78, 5) is 40.4. The number of nitrogens with two attached hydrogens (primary N) is 1. The molecule has 2 amide bonds. The Bertz CT molecular complexity index is 1150. The van der Waals surface area contributed by atoms with Crippen molar-refractivity contribution in [2.24, 2.45) is 34.3 Å². The average Bonchev–Trinajstić information content (AvgIpc) is 3.44. The van der Waals surface area contributed by atoms with E-state index in [1.807, 2.05) is 6.07 Å². The molecule has 2 saturated carbocycles. The summed E-state index contributed by atoms with van der Waals surface area (Å²) in [5, 5.41) is 19.0. The first-order valence-corrected chi connectivity index (χ1v) is 13.1. The van der Waals surface area contributed by atoms with Gasteiger partial charge in [0.15, 0.2) is 9.84 Å². The van der Waals surface area contributed by atoms with Gasteiger partial charge in [-0.3, -0.25) is 14.4 Å². The molecule has 4 rings (SSSR count). The molecule has 1 aromatic rings. The third kappa shape index (κ3) is 3.57. The molecule has 1 heterocycles. The van der Waals surface area contributed by atoms with Gasteiger partial charge in [-0.25, -0.2) is 8.42 Å². The molecule has 0 spiro atoms. The summed E-state index contributed by atoms with van der Waals surface area (Å²) in [6.45, 7) is 3.01. The van der Waals surface area contributed by atoms with Gasteiger partial charge in [0.05, 0.1) is 27.5 Å². The highest BCUT2D eigenvalue weighted by molar-refractivity contribution is 7.92. The minimum atomic E-state index is -3.95. The Morgan fingerprint density at radius 1 is 1.15 bits per heavy atom. The van der Waals surface area contributed by atoms with Crippen LogP contribution < -0.4 is 5.73 Å². The van der Waals surface area contributed by atoms with Crippen LogP contribution in [0.4, 0.5) is 0 Å². The number of benzene rings is 1. The molecule has 0 bridgehead atoms. The fraction of sp³-hybridized carbons (Fsp3) is 0.583. The van der Waals surface area contributed by atoms with Gasteiger partial charge in [-0.05, 0) is 50.2 Å². The van der Waals surface area contributed by atoms with Crippen molar-refractivity contribution in [2.75, 3.05) is 13.1 Å². The smallest absolute Gasteiger partial charge is 0.310 e. The molecule has 182 valence electrons. The number of piperidine rings is 1. The molecule has 0 radical (unpaired) electrons. The molecule has 0 aromatic heterocycles. The number of carbonyl (C=O) groups excluding carboxylic acids is 2. The third-order valence-electron chi connectivity index (χ3n) is 8.21. The molecule has 1 aromatic carbocycles. The van der Waals surface area contributed by atoms with Crippen molar-refractivity contribution < 1.29 is 27.9 Å². The molecule has 1 aliphatic heterocycles. The molecule has 2 aliphatic carbocycles. The van der Waals surface area contributed by atoms with Crippen LogP contribution >= 0.6 is 0 Å². The Morgan fingerprint density at radius 3 is 2.26 bits per heavy atom. The van der Waals surface area contributed by atoms with Crippen molar-refractivity contribution in [3.8, 4) is 6.07 Å². The van der Waals surface area contributed by atoms with Gasteiger partial charge >= 0.3 is 5.97 Å². The number of carbonyl (C=O) groups is 3. The number of nitrogens with zero attached hydrogens (tertiary/aromatic N) is 2. The SMILES string of the molecule is CC1CCN(C(=O)[C@@H]2C[C@@H](S(=O)(=O)c3ccccc3)C[C@@]2(C(=O)O)C2CC2(C#N)C(N)=O)CC1. The highest BCUT2D eigenvalue weighted by atomic mass is 32.2. The van der Waals surface area contributed by atoms with E-state index < -0.39 is 55.5 Å². The van der Waals surface area contributed by atoms with Crippen molar-refractivity contribution in [1.82, 2.24) is 4.90 Å². The van der Waals surface area contributed by atoms with Crippen molar-refractivity contribution in [3.63, 3.8) is 0 Å². The van der Waals surface area contributed by atoms with Crippen LogP contribution in [-0.2, 0) is 24.2 Å². The van der Waals surface area contributed by atoms with Gasteiger partial charge in [0.2, 0.25) is 11.8 Å². The summed E-state index contributed by atoms with van der Waals surface area (Å²) in [6, 6.07) is 9.60. The number of amides is 2. The first-order chi connectivity index (χ1) is 16.0. The highest BCUT2D eigenvalue weighted by Crippen LogP contribution is 2.68. The Hall–Kier alpha value is -2.93. The maximum atomic E-state index is 13.7. The van der Waals surface area contributed by atoms with E-state index in [0.29, 0.717) is 19.0 Å². The number of hydrogen-bond donors (Lipinski definition) is 2. The van der Waals surface area contributed by atoms with E-state index >= 15 is 0 Å². The number of sulfone groups is 1. The van der Waals surface area contributed by atoms with Gasteiger partial charge < -0.3 is 15.7 Å². The van der Waals surface area contributed by atoms with Gasteiger partial charge in [0.1, 0.15) is 5.41 Å². The molecule has 9 nitrogen and oxygen atoms in total. The van der Waals surface area contributed by atoms with Crippen molar-refractivity contribution in [1.29, 1.82) is 5.26 Å². The van der Waals surface area contributed by atoms with E-state index in [4.69, 9.17) is 5.73 Å². The molecule has 3 fully saturated rings. The molecule has 1 saturated heterocycles. The highest BCUT2D eigenvalue weighted by Gasteiger charge is 2.76. The minimum Gasteiger partial charge on any atom is -0.481 e. The van der Waals surface area contributed by atoms with Crippen molar-refractivity contribution >= 4 is 27.6 Å². The summed E-state index contributed by atoms with van der Waals surface area (Å²) < 4.78 is 26.9. The van der Waals surface area contributed by atoms with Gasteiger partial charge in [-0.15, -0.1) is 0 Å². The lowest BCUT2D eigenvalue weighted by Gasteiger charge is -2.37. The van der Waals surface area contributed by atoms with Crippen LogP contribution in [0.25, 0.3) is 0 Å². The zero-order chi connectivity index (χ0) is 24.9. The van der Waals surface area contributed by atoms with Crippen LogP contribution in [0, 0.1) is 39.9 Å². The number of likely N-dealkylation sites (tertiary alicyclic amines) is 1. The lowest BCUT2D eigenvalue weighted by atomic mass is 9.70. The number of carboxylic acids is 1. The second-order valence-electron chi connectivity index (χ2n) is 10.0. The maximum Gasteiger partial charge on any atom is 0.310 e. The van der Waals surface area contributed by atoms with Gasteiger partial charge in [0.25, 0.3) is 0 Å². The summed E-state index contributed by atoms with van der Waals surface area (Å²) in [6.07, 6.45) is 0.936. The molecule has 5 atom stereocenters. The number of primary amides is 1. The van der Waals surface area contributed by atoms with E-state index in [9.17, 15) is 33.2 Å². The molecule has 34 heavy (non-hydrogen) atoms. The zero-order valence-corrected chi connectivity index (χ0v) is 19.8. The molecule has 10 heteroatoms. The standard InChI is InChI=1S/C24H29N3O6S/c1-15-7-9-27(10-8-15)20(28)18-11-17(34(32,33)16-5-3-2-4-6-16)12-24(18,22(30)31)19-13-23(19,14-25)21(26)29/h2-6,15,17-19H,7-13H2,1H3,(H2,26,29)(H,30,31)/t17-,18+,19?,23?,24+/m1/s1. The Balaban J connectivity index is 1.78. The predicted octanol–water partition coefficient (Wildman–Crippen LogP) is 1.58. The number of nitriles is 1. The lowest BCUT2D eigenvalue weighted by Crippen LogP contribution is -2.50. The normalized spacial score (nSPS) is 33.8. The zero-order valence-electron chi connectivity index (χ0n) is 19.0. The van der Waals surface area contributed by atoms with Crippen LogP contribution in [-0.4, -0.2) is 54.5 Å². The van der Waals surface area contributed by atoms with Crippen molar-refractivity contribution in [3.05, 3.63) is 30.3 Å². The number of rotatable bonds is 6. The van der Waals surface area contributed by atoms with E-state index in [-0.39, 0.29) is 24.2 Å². The van der Waals surface area contributed by atoms with Gasteiger partial charge in [-0.2, -0.15) is 5.26 Å². The minimum absolute atomic E-state index is 0.0522. The van der Waals surface area contributed by atoms with Crippen LogP contribution in [0.3, 0.4) is 0 Å². The Kier molecular flexibility index (Phi) is 5.96. The largest absolute Gasteiger partial charge is 0.481 e. The summed E-state index contributed by atoms with van der Waals surface area (Å²) in [5.74, 6) is -4.45. The molecule has 3 aliphatic rings. The summed E-state index contributed by atoms with van der Waals surface area (Å²) in [7, 11) is -3.95. The second kappa shape index (κ2) is 8.38. The summed E-state index contributed by atoms with van der Waals surface area (Å²) in [5.41, 5.74) is 1.91. The number of aliphatic carboxylic acids is 1. The average molecular weight is 488 g/mol. The van der Waals surface area contributed by atoms with Crippen LogP contribution in [0.2, 0.25) is 0 Å². The molecule has 2 unspecified atom stereocenters. The topological polar surface area (TPSA) is 159 Å². The predicted molar refractivity (Wildman–Crippen MR) is 121 cm³/mol. The van der Waals surface area contributed by atoms with E-state index in [0.717, 1.165) is 12.8 Å². The maximum absolute atomic E-state index is 13.7. The monoisotopic (exact) mass is 487 g/mol. The van der Waals surface area contributed by atoms with Crippen LogP contribution in [0.5, 0.6) is 0 Å². The van der Waals surface area contributed by atoms with E-state index in [2.05, 4.69) is 6.92 Å². The molecular formula is C24H29N3O6S. The first-order valence-electron chi connectivity index (χ1n) is 11.5. The lowest BCUT2D eigenvalue weighted by molar-refractivity contribution is -0.161. The second-order valence-corrected chi connectivity index (χ2v) is 12.3. The van der Waals surface area contributed by atoms with Crippen molar-refractivity contribution in [2.45, 2.75) is 49.2 Å². The first kappa shape index (κ1) is 24.2. The fourth-order valence-electron chi connectivity index (χ4n) is 5.99. The Morgan fingerprint density at radius 2 is 1.76 bits per heavy atom. The van der Waals surface area contributed by atoms with Crippen LogP contribution in [0.1, 0.15) is 39.0 Å². The molecule has 3 N–H and O–H groups in total. The number of carboxylic acid groups (broad SMARTS) is 1. The van der Waals surface area contributed by atoms with Gasteiger partial charge in [0, 0.05) is 19.0 Å². The number of hydrogen-bond acceptors (Lipinski definition) is 6. The Labute approximate surface area is 198 Å². The summed E-state index contributed by atoms with van der Waals surface area (Å²) >= 11 is 0. The molecular weight excluding hydrogens is 458 g/mol.